The van der Waals surface area contributed by atoms with Gasteiger partial charge in [0.1, 0.15) is 13.2 Å². The fraction of sp³-hybridized carbons (Fsp3) is 0.859. The van der Waals surface area contributed by atoms with Crippen LogP contribution >= 0.6 is 7.82 Å². The van der Waals surface area contributed by atoms with Crippen molar-refractivity contribution in [2.45, 2.75) is 315 Å². The average Bonchev–Trinajstić information content (AvgIpc) is 3.35. The summed E-state index contributed by atoms with van der Waals surface area (Å²) >= 11 is 0. The molecule has 0 rings (SSSR count). The van der Waals surface area contributed by atoms with Gasteiger partial charge in [0.25, 0.3) is 0 Å². The summed E-state index contributed by atoms with van der Waals surface area (Å²) in [7, 11) is 1.58. The van der Waals surface area contributed by atoms with Gasteiger partial charge in [-0.25, -0.2) is 4.57 Å². The van der Waals surface area contributed by atoms with Crippen LogP contribution < -0.4 is 5.32 Å². The Morgan fingerprint density at radius 1 is 0.466 bits per heavy atom. The highest BCUT2D eigenvalue weighted by Gasteiger charge is 2.27. The summed E-state index contributed by atoms with van der Waals surface area (Å²) < 4.78 is 23.8. The van der Waals surface area contributed by atoms with E-state index < -0.39 is 20.0 Å². The molecule has 0 fully saturated rings. The molecule has 0 aliphatic heterocycles. The van der Waals surface area contributed by atoms with Crippen molar-refractivity contribution in [2.24, 2.45) is 0 Å². The van der Waals surface area contributed by atoms with Crippen LogP contribution in [0.1, 0.15) is 303 Å². The number of likely N-dealkylation sites (N-methyl/N-ethyl adjacent to an activating group) is 1. The van der Waals surface area contributed by atoms with E-state index in [0.29, 0.717) is 17.4 Å². The highest BCUT2D eigenvalue weighted by Crippen LogP contribution is 2.43. The molecule has 73 heavy (non-hydrogen) atoms. The van der Waals surface area contributed by atoms with E-state index in [2.05, 4.69) is 55.6 Å². The normalized spacial score (nSPS) is 14.1. The summed E-state index contributed by atoms with van der Waals surface area (Å²) in [5.41, 5.74) is 0. The number of quaternary nitrogens is 1. The molecular formula is C64H124N2O6P+. The van der Waals surface area contributed by atoms with E-state index in [4.69, 9.17) is 9.05 Å². The van der Waals surface area contributed by atoms with Crippen LogP contribution in [-0.2, 0) is 18.4 Å². The lowest BCUT2D eigenvalue weighted by Crippen LogP contribution is -2.45. The molecule has 8 nitrogen and oxygen atoms in total. The Morgan fingerprint density at radius 2 is 0.781 bits per heavy atom. The number of aliphatic hydroxyl groups excluding tert-OH is 1. The van der Waals surface area contributed by atoms with Crippen LogP contribution in [0, 0.1) is 0 Å². The third kappa shape index (κ3) is 58.0. The highest BCUT2D eigenvalue weighted by atomic mass is 31.2. The molecule has 0 radical (unpaired) electrons. The first-order valence-electron chi connectivity index (χ1n) is 31.5. The number of carbonyl (C=O) groups is 1. The van der Waals surface area contributed by atoms with Crippen molar-refractivity contribution in [3.8, 4) is 0 Å². The minimum atomic E-state index is -4.35. The lowest BCUT2D eigenvalue weighted by atomic mass is 10.0. The number of hydrogen-bond donors (Lipinski definition) is 3. The van der Waals surface area contributed by atoms with Crippen LogP contribution in [0.4, 0.5) is 0 Å². The van der Waals surface area contributed by atoms with Gasteiger partial charge in [0.2, 0.25) is 5.91 Å². The summed E-state index contributed by atoms with van der Waals surface area (Å²) in [6.07, 6.45) is 73.6. The molecule has 9 heteroatoms. The van der Waals surface area contributed by atoms with E-state index in [1.54, 1.807) is 6.08 Å². The molecule has 0 aromatic heterocycles. The topological polar surface area (TPSA) is 105 Å². The molecular weight excluding hydrogens is 924 g/mol. The SMILES string of the molecule is CCCCCCC/C=C\C/C=C\C/C=C\CCCCCCCCCCCCCCCCC(=O)NC(COP(=O)(O)OCC[N+](C)(C)C)C(O)/C=C/CCCCCCCCCCCCCCCCCCCCCC. The fourth-order valence-electron chi connectivity index (χ4n) is 9.35. The summed E-state index contributed by atoms with van der Waals surface area (Å²) in [5.74, 6) is -0.174. The number of allylic oxidation sites excluding steroid dienone is 7. The lowest BCUT2D eigenvalue weighted by Gasteiger charge is -2.25. The van der Waals surface area contributed by atoms with E-state index in [9.17, 15) is 19.4 Å². The zero-order valence-corrected chi connectivity index (χ0v) is 50.0. The number of nitrogens with one attached hydrogen (secondary N) is 1. The summed E-state index contributed by atoms with van der Waals surface area (Å²) in [4.78, 5) is 23.4. The van der Waals surface area contributed by atoms with E-state index in [-0.39, 0.29) is 19.1 Å². The Morgan fingerprint density at radius 3 is 1.14 bits per heavy atom. The first-order valence-corrected chi connectivity index (χ1v) is 33.0. The number of aliphatic hydroxyl groups is 1. The summed E-state index contributed by atoms with van der Waals surface area (Å²) in [6.45, 7) is 4.84. The van der Waals surface area contributed by atoms with Gasteiger partial charge >= 0.3 is 7.82 Å². The number of hydrogen-bond acceptors (Lipinski definition) is 5. The van der Waals surface area contributed by atoms with Gasteiger partial charge in [-0.15, -0.1) is 0 Å². The minimum Gasteiger partial charge on any atom is -0.387 e. The molecule has 0 bridgehead atoms. The molecule has 0 aromatic rings. The Balaban J connectivity index is 4.14. The van der Waals surface area contributed by atoms with Gasteiger partial charge < -0.3 is 19.8 Å². The van der Waals surface area contributed by atoms with E-state index in [1.807, 2.05) is 27.2 Å². The van der Waals surface area contributed by atoms with Gasteiger partial charge in [0.15, 0.2) is 0 Å². The Labute approximate surface area is 454 Å². The molecule has 3 unspecified atom stereocenters. The van der Waals surface area contributed by atoms with Crippen molar-refractivity contribution in [3.05, 3.63) is 48.6 Å². The van der Waals surface area contributed by atoms with Crippen molar-refractivity contribution in [1.82, 2.24) is 5.32 Å². The fourth-order valence-corrected chi connectivity index (χ4v) is 10.1. The maximum Gasteiger partial charge on any atom is 0.472 e. The third-order valence-corrected chi connectivity index (χ3v) is 15.3. The molecule has 3 N–H and O–H groups in total. The summed E-state index contributed by atoms with van der Waals surface area (Å²) in [5, 5.41) is 14.0. The van der Waals surface area contributed by atoms with Crippen LogP contribution in [0.2, 0.25) is 0 Å². The van der Waals surface area contributed by atoms with Crippen molar-refractivity contribution in [3.63, 3.8) is 0 Å². The highest BCUT2D eigenvalue weighted by molar-refractivity contribution is 7.47. The number of carbonyl (C=O) groups excluding carboxylic acids is 1. The quantitative estimate of drug-likeness (QED) is 0.0243. The second kappa shape index (κ2) is 55.2. The zero-order valence-electron chi connectivity index (χ0n) is 49.1. The number of phosphoric ester groups is 1. The summed E-state index contributed by atoms with van der Waals surface area (Å²) in [6, 6.07) is -0.848. The van der Waals surface area contributed by atoms with Gasteiger partial charge in [-0.3, -0.25) is 13.8 Å². The van der Waals surface area contributed by atoms with Crippen LogP contribution in [-0.4, -0.2) is 73.4 Å². The molecule has 430 valence electrons. The van der Waals surface area contributed by atoms with E-state index in [1.165, 1.54) is 231 Å². The van der Waals surface area contributed by atoms with Gasteiger partial charge in [0.05, 0.1) is 39.9 Å². The maximum atomic E-state index is 13.0. The molecule has 0 aliphatic carbocycles. The van der Waals surface area contributed by atoms with Gasteiger partial charge in [-0.1, -0.05) is 287 Å². The minimum absolute atomic E-state index is 0.0616. The first-order chi connectivity index (χ1) is 35.5. The van der Waals surface area contributed by atoms with E-state index in [0.717, 1.165) is 51.4 Å². The Kier molecular flexibility index (Phi) is 54.1. The number of unbranched alkanes of at least 4 members (excludes halogenated alkanes) is 39. The van der Waals surface area contributed by atoms with Gasteiger partial charge in [-0.2, -0.15) is 0 Å². The van der Waals surface area contributed by atoms with Crippen molar-refractivity contribution in [2.75, 3.05) is 40.9 Å². The number of amides is 1. The maximum absolute atomic E-state index is 13.0. The second-order valence-electron chi connectivity index (χ2n) is 22.8. The smallest absolute Gasteiger partial charge is 0.387 e. The molecule has 3 atom stereocenters. The standard InChI is InChI=1S/C64H123N2O6P/c1-6-8-10-12-14-16-18-20-22-24-26-28-30-31-32-33-34-35-36-38-40-42-44-46-48-50-52-54-56-58-64(68)65-62(61-72-73(69,70)71-60-59-66(3,4)5)63(67)57-55-53-51-49-47-45-43-41-39-37-29-27-25-23-21-19-17-15-13-11-9-7-2/h18,20,24,26,30-31,55,57,62-63,67H,6-17,19,21-23,25,27-29,32-54,56,58-61H2,1-5H3,(H-,65,68,69,70)/p+1/b20-18-,26-24-,31-30-,57-55+. The number of rotatable bonds is 58. The van der Waals surface area contributed by atoms with Crippen LogP contribution in [0.5, 0.6) is 0 Å². The van der Waals surface area contributed by atoms with Crippen molar-refractivity contribution < 1.29 is 32.9 Å². The van der Waals surface area contributed by atoms with Gasteiger partial charge in [-0.05, 0) is 57.8 Å². The van der Waals surface area contributed by atoms with Gasteiger partial charge in [0, 0.05) is 6.42 Å². The monoisotopic (exact) mass is 1050 g/mol. The number of phosphoric acid groups is 1. The lowest BCUT2D eigenvalue weighted by molar-refractivity contribution is -0.870. The zero-order chi connectivity index (χ0) is 53.5. The second-order valence-corrected chi connectivity index (χ2v) is 24.2. The largest absolute Gasteiger partial charge is 0.472 e. The molecule has 0 saturated heterocycles. The predicted octanol–water partition coefficient (Wildman–Crippen LogP) is 19.5. The Bertz CT molecular complexity index is 1330. The molecule has 0 saturated carbocycles. The van der Waals surface area contributed by atoms with Crippen molar-refractivity contribution in [1.29, 1.82) is 0 Å². The molecule has 0 spiro atoms. The van der Waals surface area contributed by atoms with Crippen LogP contribution in [0.3, 0.4) is 0 Å². The van der Waals surface area contributed by atoms with E-state index >= 15 is 0 Å². The first kappa shape index (κ1) is 71.5. The average molecular weight is 1050 g/mol. The molecule has 1 amide bonds. The third-order valence-electron chi connectivity index (χ3n) is 14.3. The molecule has 0 aromatic carbocycles. The van der Waals surface area contributed by atoms with Crippen molar-refractivity contribution >= 4 is 13.7 Å². The Hall–Kier alpha value is -1.54. The van der Waals surface area contributed by atoms with Crippen LogP contribution in [0.15, 0.2) is 48.6 Å². The van der Waals surface area contributed by atoms with Crippen LogP contribution in [0.25, 0.3) is 0 Å². The number of nitrogens with zero attached hydrogens (tertiary/aromatic N) is 1. The molecule has 0 aliphatic rings. The predicted molar refractivity (Wildman–Crippen MR) is 318 cm³/mol. The molecule has 0 heterocycles.